The minimum Gasteiger partial charge on any atom is -0.144 e. The fourth-order valence-electron chi connectivity index (χ4n) is 1.44. The van der Waals surface area contributed by atoms with Crippen molar-refractivity contribution in [2.75, 3.05) is 5.88 Å². The van der Waals surface area contributed by atoms with E-state index in [1.807, 2.05) is 0 Å². The van der Waals surface area contributed by atoms with Crippen molar-refractivity contribution in [3.05, 3.63) is 41.3 Å². The van der Waals surface area contributed by atoms with Crippen molar-refractivity contribution in [3.8, 4) is 0 Å². The first-order valence-corrected chi connectivity index (χ1v) is 6.02. The van der Waals surface area contributed by atoms with E-state index in [-0.39, 0.29) is 0 Å². The van der Waals surface area contributed by atoms with Gasteiger partial charge in [-0.25, -0.2) is 0 Å². The van der Waals surface area contributed by atoms with Gasteiger partial charge in [0.25, 0.3) is 0 Å². The third-order valence-electron chi connectivity index (χ3n) is 2.10. The highest BCUT2D eigenvalue weighted by atomic mass is 35.5. The second kappa shape index (κ2) is 4.63. The predicted molar refractivity (Wildman–Crippen MR) is 66.2 cm³/mol. The van der Waals surface area contributed by atoms with Crippen LogP contribution >= 0.6 is 22.9 Å². The number of allylic oxidation sites excluding steroid dienone is 1. The Balaban J connectivity index is 2.36. The summed E-state index contributed by atoms with van der Waals surface area (Å²) < 4.78 is 1.35. The van der Waals surface area contributed by atoms with E-state index in [0.29, 0.717) is 5.88 Å². The van der Waals surface area contributed by atoms with Gasteiger partial charge in [0.1, 0.15) is 0 Å². The molecule has 0 amide bonds. The Kier molecular flexibility index (Phi) is 3.22. The standard InChI is InChI=1S/C12H11ClS/c13-8-2-1-4-10-5-3-6-12-11(10)7-9-14-12/h1,3-7,9H,2,8H2. The first-order chi connectivity index (χ1) is 6.92. The minimum absolute atomic E-state index is 0.691. The summed E-state index contributed by atoms with van der Waals surface area (Å²) in [7, 11) is 0. The van der Waals surface area contributed by atoms with Crippen molar-refractivity contribution in [1.82, 2.24) is 0 Å². The molecule has 1 aromatic carbocycles. The Morgan fingerprint density at radius 1 is 1.29 bits per heavy atom. The summed E-state index contributed by atoms with van der Waals surface area (Å²) in [6.07, 6.45) is 5.21. The Hall–Kier alpha value is -0.790. The van der Waals surface area contributed by atoms with Gasteiger partial charge in [-0.15, -0.1) is 22.9 Å². The maximum absolute atomic E-state index is 5.62. The van der Waals surface area contributed by atoms with Gasteiger partial charge in [-0.05, 0) is 34.9 Å². The van der Waals surface area contributed by atoms with Crippen LogP contribution in [-0.2, 0) is 0 Å². The van der Waals surface area contributed by atoms with Gasteiger partial charge in [0.05, 0.1) is 0 Å². The topological polar surface area (TPSA) is 0 Å². The van der Waals surface area contributed by atoms with Crippen molar-refractivity contribution in [1.29, 1.82) is 0 Å². The van der Waals surface area contributed by atoms with Crippen molar-refractivity contribution in [3.63, 3.8) is 0 Å². The molecule has 1 heterocycles. The number of fused-ring (bicyclic) bond motifs is 1. The average molecular weight is 223 g/mol. The number of halogens is 1. The summed E-state index contributed by atoms with van der Waals surface area (Å²) in [4.78, 5) is 0. The van der Waals surface area contributed by atoms with E-state index < -0.39 is 0 Å². The van der Waals surface area contributed by atoms with Crippen LogP contribution in [0.25, 0.3) is 16.2 Å². The van der Waals surface area contributed by atoms with Crippen LogP contribution in [0.4, 0.5) is 0 Å². The summed E-state index contributed by atoms with van der Waals surface area (Å²) in [5, 5.41) is 3.46. The van der Waals surface area contributed by atoms with E-state index in [9.17, 15) is 0 Å². The van der Waals surface area contributed by atoms with Gasteiger partial charge in [-0.2, -0.15) is 0 Å². The number of rotatable bonds is 3. The van der Waals surface area contributed by atoms with Crippen LogP contribution in [0.2, 0.25) is 0 Å². The third-order valence-corrected chi connectivity index (χ3v) is 3.20. The lowest BCUT2D eigenvalue weighted by Gasteiger charge is -1.95. The van der Waals surface area contributed by atoms with Gasteiger partial charge in [0, 0.05) is 10.6 Å². The largest absolute Gasteiger partial charge is 0.144 e. The Morgan fingerprint density at radius 2 is 2.21 bits per heavy atom. The average Bonchev–Trinajstić information content (AvgIpc) is 2.67. The predicted octanol–water partition coefficient (Wildman–Crippen LogP) is 4.54. The zero-order chi connectivity index (χ0) is 9.80. The van der Waals surface area contributed by atoms with Crippen LogP contribution in [-0.4, -0.2) is 5.88 Å². The smallest absolute Gasteiger partial charge is 0.0348 e. The molecular weight excluding hydrogens is 212 g/mol. The quantitative estimate of drug-likeness (QED) is 0.669. The maximum Gasteiger partial charge on any atom is 0.0348 e. The minimum atomic E-state index is 0.691. The van der Waals surface area contributed by atoms with Crippen LogP contribution < -0.4 is 0 Å². The van der Waals surface area contributed by atoms with Gasteiger partial charge in [0.2, 0.25) is 0 Å². The molecule has 0 unspecified atom stereocenters. The zero-order valence-electron chi connectivity index (χ0n) is 7.74. The highest BCUT2D eigenvalue weighted by Gasteiger charge is 1.97. The molecule has 72 valence electrons. The van der Waals surface area contributed by atoms with Crippen molar-refractivity contribution in [2.24, 2.45) is 0 Å². The van der Waals surface area contributed by atoms with Crippen LogP contribution in [0, 0.1) is 0 Å². The number of hydrogen-bond acceptors (Lipinski definition) is 1. The molecule has 0 atom stereocenters. The normalized spacial score (nSPS) is 11.5. The Bertz CT molecular complexity index is 442. The third kappa shape index (κ3) is 1.99. The van der Waals surface area contributed by atoms with E-state index in [2.05, 4.69) is 41.8 Å². The van der Waals surface area contributed by atoms with E-state index in [4.69, 9.17) is 11.6 Å². The van der Waals surface area contributed by atoms with E-state index in [0.717, 1.165) is 6.42 Å². The fraction of sp³-hybridized carbons (Fsp3) is 0.167. The molecule has 2 heteroatoms. The molecule has 0 bridgehead atoms. The SMILES string of the molecule is ClCCC=Cc1cccc2sccc12. The van der Waals surface area contributed by atoms with Crippen LogP contribution in [0.15, 0.2) is 35.7 Å². The zero-order valence-corrected chi connectivity index (χ0v) is 9.31. The maximum atomic E-state index is 5.62. The lowest BCUT2D eigenvalue weighted by Crippen LogP contribution is -1.73. The molecular formula is C12H11ClS. The molecule has 0 aliphatic heterocycles. The van der Waals surface area contributed by atoms with E-state index in [1.165, 1.54) is 15.6 Å². The summed E-state index contributed by atoms with van der Waals surface area (Å²) in [6.45, 7) is 0. The van der Waals surface area contributed by atoms with Crippen LogP contribution in [0.3, 0.4) is 0 Å². The summed E-state index contributed by atoms with van der Waals surface area (Å²) in [5.41, 5.74) is 1.29. The van der Waals surface area contributed by atoms with Gasteiger partial charge in [0.15, 0.2) is 0 Å². The first-order valence-electron chi connectivity index (χ1n) is 4.60. The molecule has 0 saturated carbocycles. The first kappa shape index (κ1) is 9.75. The molecule has 0 aliphatic rings. The molecule has 2 aromatic rings. The highest BCUT2D eigenvalue weighted by molar-refractivity contribution is 7.17. The molecule has 0 saturated heterocycles. The molecule has 0 radical (unpaired) electrons. The van der Waals surface area contributed by atoms with Crippen LogP contribution in [0.1, 0.15) is 12.0 Å². The lowest BCUT2D eigenvalue weighted by atomic mass is 10.1. The highest BCUT2D eigenvalue weighted by Crippen LogP contribution is 2.24. The number of alkyl halides is 1. The summed E-state index contributed by atoms with van der Waals surface area (Å²) >= 11 is 7.40. The summed E-state index contributed by atoms with van der Waals surface area (Å²) in [5.74, 6) is 0.691. The van der Waals surface area contributed by atoms with Gasteiger partial charge in [-0.1, -0.05) is 24.3 Å². The number of thiophene rings is 1. The molecule has 2 rings (SSSR count). The van der Waals surface area contributed by atoms with Crippen molar-refractivity contribution >= 4 is 39.1 Å². The van der Waals surface area contributed by atoms with Gasteiger partial charge >= 0.3 is 0 Å². The number of hydrogen-bond donors (Lipinski definition) is 0. The molecule has 0 aliphatic carbocycles. The second-order valence-corrected chi connectivity index (χ2v) is 4.39. The monoisotopic (exact) mass is 222 g/mol. The Morgan fingerprint density at radius 3 is 3.07 bits per heavy atom. The molecule has 0 spiro atoms. The molecule has 0 fully saturated rings. The fourth-order valence-corrected chi connectivity index (χ4v) is 2.38. The molecule has 1 aromatic heterocycles. The lowest BCUT2D eigenvalue weighted by molar-refractivity contribution is 1.24. The van der Waals surface area contributed by atoms with E-state index in [1.54, 1.807) is 11.3 Å². The molecule has 0 N–H and O–H groups in total. The van der Waals surface area contributed by atoms with Gasteiger partial charge in [-0.3, -0.25) is 0 Å². The second-order valence-electron chi connectivity index (χ2n) is 3.06. The number of benzene rings is 1. The van der Waals surface area contributed by atoms with Crippen LogP contribution in [0.5, 0.6) is 0 Å². The van der Waals surface area contributed by atoms with Crippen molar-refractivity contribution < 1.29 is 0 Å². The molecule has 14 heavy (non-hydrogen) atoms. The summed E-state index contributed by atoms with van der Waals surface area (Å²) in [6, 6.07) is 8.55. The Labute approximate surface area is 92.8 Å². The molecule has 0 nitrogen and oxygen atoms in total. The van der Waals surface area contributed by atoms with E-state index >= 15 is 0 Å². The van der Waals surface area contributed by atoms with Gasteiger partial charge < -0.3 is 0 Å². The van der Waals surface area contributed by atoms with Crippen molar-refractivity contribution in [2.45, 2.75) is 6.42 Å².